The molecule has 3 aromatic heterocycles. The van der Waals surface area contributed by atoms with Crippen molar-refractivity contribution in [2.24, 2.45) is 5.73 Å². The van der Waals surface area contributed by atoms with E-state index in [2.05, 4.69) is 20.7 Å². The van der Waals surface area contributed by atoms with E-state index in [1.54, 1.807) is 42.0 Å². The number of nitrogens with one attached hydrogen (secondary N) is 2. The van der Waals surface area contributed by atoms with Crippen molar-refractivity contribution < 1.29 is 27.5 Å². The number of alkyl halides is 3. The number of urea groups is 1. The number of anilines is 2. The van der Waals surface area contributed by atoms with E-state index in [0.717, 1.165) is 23.3 Å². The van der Waals surface area contributed by atoms with Gasteiger partial charge in [0.2, 0.25) is 5.88 Å². The number of hydrogen-bond acceptors (Lipinski definition) is 6. The first-order valence-electron chi connectivity index (χ1n) is 10.9. The molecule has 0 saturated heterocycles. The third-order valence-electron chi connectivity index (χ3n) is 5.36. The number of aromatic nitrogens is 3. The van der Waals surface area contributed by atoms with Gasteiger partial charge in [-0.1, -0.05) is 12.1 Å². The fraction of sp³-hybridized carbons (Fsp3) is 0.0400. The molecule has 0 bridgehead atoms. The SMILES string of the molecule is NC(=O)Oc1csc2c(-c3ccncc3)c(-c3cccc(NC(=O)Nc4ccc(C(F)(F)F)cc4)c3)nn12. The van der Waals surface area contributed by atoms with Crippen LogP contribution in [0.1, 0.15) is 5.56 Å². The Balaban J connectivity index is 1.44. The average molecular weight is 539 g/mol. The van der Waals surface area contributed by atoms with Gasteiger partial charge in [-0.2, -0.15) is 22.8 Å². The van der Waals surface area contributed by atoms with Crippen LogP contribution in [-0.4, -0.2) is 26.7 Å². The van der Waals surface area contributed by atoms with Crippen molar-refractivity contribution in [3.05, 3.63) is 84.0 Å². The van der Waals surface area contributed by atoms with E-state index in [1.165, 1.54) is 28.0 Å². The number of halogens is 3. The maximum absolute atomic E-state index is 12.8. The fourth-order valence-electron chi connectivity index (χ4n) is 3.75. The average Bonchev–Trinajstić information content (AvgIpc) is 3.44. The van der Waals surface area contributed by atoms with Gasteiger partial charge in [-0.05, 0) is 54.1 Å². The van der Waals surface area contributed by atoms with Crippen LogP contribution >= 0.6 is 11.3 Å². The van der Waals surface area contributed by atoms with Crippen molar-refractivity contribution in [1.29, 1.82) is 0 Å². The van der Waals surface area contributed by atoms with E-state index in [0.29, 0.717) is 21.8 Å². The molecule has 3 amide bonds. The second kappa shape index (κ2) is 9.86. The summed E-state index contributed by atoms with van der Waals surface area (Å²) in [6.07, 6.45) is -2.16. The molecule has 0 unspecified atom stereocenters. The molecular weight excluding hydrogens is 521 g/mol. The second-order valence-electron chi connectivity index (χ2n) is 7.91. The van der Waals surface area contributed by atoms with Crippen molar-refractivity contribution in [2.75, 3.05) is 10.6 Å². The number of nitrogens with two attached hydrogens (primary N) is 1. The predicted octanol–water partition coefficient (Wildman–Crippen LogP) is 6.25. The Labute approximate surface area is 216 Å². The van der Waals surface area contributed by atoms with Crippen LogP contribution in [0.5, 0.6) is 5.88 Å². The van der Waals surface area contributed by atoms with Gasteiger partial charge in [0.25, 0.3) is 0 Å². The van der Waals surface area contributed by atoms with Crippen LogP contribution in [0.15, 0.2) is 78.4 Å². The number of primary amides is 1. The second-order valence-corrected chi connectivity index (χ2v) is 8.76. The Morgan fingerprint density at radius 2 is 1.66 bits per heavy atom. The van der Waals surface area contributed by atoms with Gasteiger partial charge < -0.3 is 21.1 Å². The van der Waals surface area contributed by atoms with E-state index in [1.807, 2.05) is 12.1 Å². The zero-order valence-corrected chi connectivity index (χ0v) is 20.0. The lowest BCUT2D eigenvalue weighted by molar-refractivity contribution is -0.137. The largest absolute Gasteiger partial charge is 0.416 e. The smallest absolute Gasteiger partial charge is 0.390 e. The van der Waals surface area contributed by atoms with Crippen LogP contribution in [0, 0.1) is 0 Å². The monoisotopic (exact) mass is 538 g/mol. The molecule has 192 valence electrons. The Bertz CT molecular complexity index is 1630. The number of rotatable bonds is 5. The molecule has 38 heavy (non-hydrogen) atoms. The van der Waals surface area contributed by atoms with Crippen molar-refractivity contribution in [1.82, 2.24) is 14.6 Å². The minimum atomic E-state index is -4.47. The number of benzene rings is 2. The molecule has 4 N–H and O–H groups in total. The highest BCUT2D eigenvalue weighted by molar-refractivity contribution is 7.16. The van der Waals surface area contributed by atoms with Crippen molar-refractivity contribution >= 4 is 39.7 Å². The first-order chi connectivity index (χ1) is 18.2. The Morgan fingerprint density at radius 1 is 0.947 bits per heavy atom. The molecule has 5 rings (SSSR count). The maximum atomic E-state index is 12.8. The molecule has 3 heterocycles. The van der Waals surface area contributed by atoms with E-state index in [-0.39, 0.29) is 11.6 Å². The first kappa shape index (κ1) is 24.8. The highest BCUT2D eigenvalue weighted by Gasteiger charge is 2.30. The summed E-state index contributed by atoms with van der Waals surface area (Å²) < 4.78 is 44.9. The minimum absolute atomic E-state index is 0.157. The van der Waals surface area contributed by atoms with E-state index < -0.39 is 23.9 Å². The molecule has 0 saturated carbocycles. The number of nitrogens with zero attached hydrogens (tertiary/aromatic N) is 3. The van der Waals surface area contributed by atoms with Crippen LogP contribution < -0.4 is 21.1 Å². The van der Waals surface area contributed by atoms with Gasteiger partial charge in [0.15, 0.2) is 0 Å². The molecule has 0 spiro atoms. The van der Waals surface area contributed by atoms with Crippen LogP contribution in [0.25, 0.3) is 27.2 Å². The number of carbonyl (C=O) groups is 2. The molecular formula is C25H17F3N6O3S. The van der Waals surface area contributed by atoms with E-state index in [9.17, 15) is 22.8 Å². The van der Waals surface area contributed by atoms with Gasteiger partial charge >= 0.3 is 18.3 Å². The lowest BCUT2D eigenvalue weighted by atomic mass is 10.0. The van der Waals surface area contributed by atoms with E-state index >= 15 is 0 Å². The molecule has 0 radical (unpaired) electrons. The van der Waals surface area contributed by atoms with E-state index in [4.69, 9.17) is 10.5 Å². The van der Waals surface area contributed by atoms with Gasteiger partial charge in [0.1, 0.15) is 10.5 Å². The number of fused-ring (bicyclic) bond motifs is 1. The summed E-state index contributed by atoms with van der Waals surface area (Å²) in [6, 6.07) is 14.0. The normalized spacial score (nSPS) is 11.3. The fourth-order valence-corrected chi connectivity index (χ4v) is 4.67. The molecule has 0 atom stereocenters. The quantitative estimate of drug-likeness (QED) is 0.244. The third kappa shape index (κ3) is 5.13. The third-order valence-corrected chi connectivity index (χ3v) is 6.28. The van der Waals surface area contributed by atoms with Gasteiger partial charge in [0, 0.05) is 34.9 Å². The van der Waals surface area contributed by atoms with Crippen molar-refractivity contribution in [3.63, 3.8) is 0 Å². The van der Waals surface area contributed by atoms with Crippen molar-refractivity contribution in [2.45, 2.75) is 6.18 Å². The molecule has 9 nitrogen and oxygen atoms in total. The maximum Gasteiger partial charge on any atom is 0.416 e. The molecule has 0 aliphatic rings. The number of hydrogen-bond donors (Lipinski definition) is 3. The summed E-state index contributed by atoms with van der Waals surface area (Å²) in [5.41, 5.74) is 7.74. The van der Waals surface area contributed by atoms with Crippen molar-refractivity contribution in [3.8, 4) is 28.3 Å². The van der Waals surface area contributed by atoms with Gasteiger partial charge in [-0.15, -0.1) is 11.3 Å². The number of thiazole rings is 1. The predicted molar refractivity (Wildman–Crippen MR) is 136 cm³/mol. The molecule has 5 aromatic rings. The molecule has 13 heteroatoms. The standard InChI is InChI=1S/C25H17F3N6O3S/c26-25(27,28)16-4-6-17(7-5-16)31-24(36)32-18-3-1-2-15(12-18)21-20(14-8-10-30-11-9-14)22-34(33-21)19(13-38-22)37-23(29)35/h1-13H,(H2,29,35)(H2,31,32,36). The summed E-state index contributed by atoms with van der Waals surface area (Å²) in [6.45, 7) is 0. The lowest BCUT2D eigenvalue weighted by Crippen LogP contribution is -2.19. The van der Waals surface area contributed by atoms with Crippen LogP contribution in [0.3, 0.4) is 0 Å². The Hall–Kier alpha value is -4.91. The van der Waals surface area contributed by atoms with Gasteiger partial charge in [-0.3, -0.25) is 4.98 Å². The highest BCUT2D eigenvalue weighted by atomic mass is 32.1. The molecule has 0 fully saturated rings. The lowest BCUT2D eigenvalue weighted by Gasteiger charge is -2.11. The summed E-state index contributed by atoms with van der Waals surface area (Å²) in [7, 11) is 0. The minimum Gasteiger partial charge on any atom is -0.390 e. The Morgan fingerprint density at radius 3 is 2.34 bits per heavy atom. The molecule has 0 aliphatic heterocycles. The summed E-state index contributed by atoms with van der Waals surface area (Å²) in [4.78, 5) is 28.6. The summed E-state index contributed by atoms with van der Waals surface area (Å²) in [5, 5.41) is 11.4. The highest BCUT2D eigenvalue weighted by Crippen LogP contribution is 2.40. The van der Waals surface area contributed by atoms with Crippen LogP contribution in [0.2, 0.25) is 0 Å². The zero-order valence-electron chi connectivity index (χ0n) is 19.2. The van der Waals surface area contributed by atoms with Crippen LogP contribution in [0.4, 0.5) is 34.1 Å². The summed E-state index contributed by atoms with van der Waals surface area (Å²) in [5.74, 6) is 0.157. The molecule has 2 aromatic carbocycles. The van der Waals surface area contributed by atoms with Gasteiger partial charge in [0.05, 0.1) is 10.9 Å². The zero-order chi connectivity index (χ0) is 26.9. The Kier molecular flexibility index (Phi) is 6.43. The topological polar surface area (TPSA) is 124 Å². The van der Waals surface area contributed by atoms with Crippen LogP contribution in [-0.2, 0) is 6.18 Å². The van der Waals surface area contributed by atoms with Gasteiger partial charge in [-0.25, -0.2) is 9.59 Å². The molecule has 0 aliphatic carbocycles. The number of pyridine rings is 1. The summed E-state index contributed by atoms with van der Waals surface area (Å²) >= 11 is 1.31. The number of carbonyl (C=O) groups excluding carboxylic acids is 2. The number of ether oxygens (including phenoxy) is 1. The number of amides is 3. The first-order valence-corrected chi connectivity index (χ1v) is 11.8.